The molecule has 3 nitrogen and oxygen atoms in total. The zero-order valence-corrected chi connectivity index (χ0v) is 16.1. The maximum absolute atomic E-state index is 14.6. The highest BCUT2D eigenvalue weighted by Gasteiger charge is 2.30. The number of hydrogen-bond donors (Lipinski definition) is 2. The molecule has 0 aromatic heterocycles. The van der Waals surface area contributed by atoms with Crippen molar-refractivity contribution in [3.05, 3.63) is 99.8 Å². The van der Waals surface area contributed by atoms with Gasteiger partial charge in [0.25, 0.3) is 0 Å². The standard InChI is InChI=1S/C23H20ClFN2O/c1-14-9-11-15(12-10-14)19-13-20(16-5-2-3-8-21(16)28)27-23(26-19)22-17(24)6-4-7-18(22)25/h2-12,20,23,27-28H,13H2,1H3/t20-,23+/m1/s1. The van der Waals surface area contributed by atoms with Gasteiger partial charge in [-0.25, -0.2) is 4.39 Å². The van der Waals surface area contributed by atoms with Gasteiger partial charge in [0.05, 0.1) is 5.02 Å². The third-order valence-electron chi connectivity index (χ3n) is 5.01. The predicted molar refractivity (Wildman–Crippen MR) is 110 cm³/mol. The normalized spacial score (nSPS) is 19.3. The Hall–Kier alpha value is -2.69. The largest absolute Gasteiger partial charge is 0.508 e. The molecule has 0 spiro atoms. The lowest BCUT2D eigenvalue weighted by Gasteiger charge is -2.31. The predicted octanol–water partition coefficient (Wildman–Crippen LogP) is 5.72. The summed E-state index contributed by atoms with van der Waals surface area (Å²) in [5, 5.41) is 14.0. The Morgan fingerprint density at radius 3 is 2.50 bits per heavy atom. The Morgan fingerprint density at radius 1 is 1.04 bits per heavy atom. The number of aliphatic imine (C=N–C) groups is 1. The van der Waals surface area contributed by atoms with Gasteiger partial charge in [0.1, 0.15) is 17.7 Å². The zero-order valence-electron chi connectivity index (χ0n) is 15.4. The molecule has 2 atom stereocenters. The van der Waals surface area contributed by atoms with Gasteiger partial charge in [-0.15, -0.1) is 0 Å². The Bertz CT molecular complexity index is 1010. The van der Waals surface area contributed by atoms with E-state index in [-0.39, 0.29) is 11.8 Å². The molecule has 0 saturated heterocycles. The van der Waals surface area contributed by atoms with Gasteiger partial charge in [-0.2, -0.15) is 0 Å². The maximum Gasteiger partial charge on any atom is 0.131 e. The van der Waals surface area contributed by atoms with Crippen LogP contribution in [0, 0.1) is 12.7 Å². The van der Waals surface area contributed by atoms with E-state index in [1.807, 2.05) is 43.3 Å². The highest BCUT2D eigenvalue weighted by Crippen LogP contribution is 2.36. The van der Waals surface area contributed by atoms with E-state index in [9.17, 15) is 9.50 Å². The molecule has 0 fully saturated rings. The lowest BCUT2D eigenvalue weighted by Crippen LogP contribution is -2.33. The van der Waals surface area contributed by atoms with Gasteiger partial charge in [0.2, 0.25) is 0 Å². The Labute approximate surface area is 168 Å². The quantitative estimate of drug-likeness (QED) is 0.597. The van der Waals surface area contributed by atoms with E-state index in [1.54, 1.807) is 24.3 Å². The summed E-state index contributed by atoms with van der Waals surface area (Å²) in [6.45, 7) is 2.03. The molecule has 1 aliphatic heterocycles. The van der Waals surface area contributed by atoms with Crippen LogP contribution < -0.4 is 5.32 Å². The van der Waals surface area contributed by atoms with E-state index in [0.29, 0.717) is 17.0 Å². The van der Waals surface area contributed by atoms with Crippen molar-refractivity contribution in [2.24, 2.45) is 4.99 Å². The number of halogens is 2. The van der Waals surface area contributed by atoms with Crippen molar-refractivity contribution in [3.63, 3.8) is 0 Å². The first-order valence-electron chi connectivity index (χ1n) is 9.14. The Kier molecular flexibility index (Phi) is 5.16. The Morgan fingerprint density at radius 2 is 1.79 bits per heavy atom. The number of benzene rings is 3. The van der Waals surface area contributed by atoms with Gasteiger partial charge in [0.15, 0.2) is 0 Å². The van der Waals surface area contributed by atoms with Gasteiger partial charge in [-0.3, -0.25) is 10.3 Å². The summed E-state index contributed by atoms with van der Waals surface area (Å²) in [6.07, 6.45) is -0.0770. The molecule has 0 radical (unpaired) electrons. The second-order valence-electron chi connectivity index (χ2n) is 6.96. The van der Waals surface area contributed by atoms with E-state index in [4.69, 9.17) is 16.6 Å². The summed E-state index contributed by atoms with van der Waals surface area (Å²) in [7, 11) is 0. The number of aromatic hydroxyl groups is 1. The van der Waals surface area contributed by atoms with Crippen molar-refractivity contribution >= 4 is 17.3 Å². The second kappa shape index (κ2) is 7.74. The number of phenolic OH excluding ortho intramolecular Hbond substituents is 1. The first-order chi connectivity index (χ1) is 13.5. The third kappa shape index (κ3) is 3.66. The van der Waals surface area contributed by atoms with E-state index in [2.05, 4.69) is 5.32 Å². The van der Waals surface area contributed by atoms with Crippen molar-refractivity contribution in [2.75, 3.05) is 0 Å². The summed E-state index contributed by atoms with van der Waals surface area (Å²) in [6, 6.07) is 19.7. The lowest BCUT2D eigenvalue weighted by atomic mass is 9.93. The summed E-state index contributed by atoms with van der Waals surface area (Å²) < 4.78 is 14.6. The van der Waals surface area contributed by atoms with Gasteiger partial charge in [-0.1, -0.05) is 65.7 Å². The van der Waals surface area contributed by atoms with Crippen LogP contribution in [0.15, 0.2) is 71.7 Å². The molecule has 2 N–H and O–H groups in total. The van der Waals surface area contributed by atoms with E-state index in [0.717, 1.165) is 22.4 Å². The molecule has 28 heavy (non-hydrogen) atoms. The molecule has 0 saturated carbocycles. The fraction of sp³-hybridized carbons (Fsp3) is 0.174. The number of nitrogens with zero attached hydrogens (tertiary/aromatic N) is 1. The molecule has 1 heterocycles. The maximum atomic E-state index is 14.6. The SMILES string of the molecule is Cc1ccc(C2=N[C@H](c3c(F)cccc3Cl)N[C@@H](c3ccccc3O)C2)cc1. The minimum atomic E-state index is -0.650. The molecule has 0 aliphatic carbocycles. The monoisotopic (exact) mass is 394 g/mol. The van der Waals surface area contributed by atoms with Gasteiger partial charge < -0.3 is 5.11 Å². The van der Waals surface area contributed by atoms with Gasteiger partial charge >= 0.3 is 0 Å². The van der Waals surface area contributed by atoms with Crippen molar-refractivity contribution in [1.82, 2.24) is 5.32 Å². The fourth-order valence-electron chi connectivity index (χ4n) is 3.53. The summed E-state index contributed by atoms with van der Waals surface area (Å²) >= 11 is 6.30. The smallest absolute Gasteiger partial charge is 0.131 e. The van der Waals surface area contributed by atoms with Crippen LogP contribution in [-0.4, -0.2) is 10.8 Å². The summed E-state index contributed by atoms with van der Waals surface area (Å²) in [5.41, 5.74) is 4.04. The average molecular weight is 395 g/mol. The fourth-order valence-corrected chi connectivity index (χ4v) is 3.80. The number of nitrogens with one attached hydrogen (secondary N) is 1. The molecule has 0 amide bonds. The van der Waals surface area contributed by atoms with Crippen LogP contribution in [-0.2, 0) is 0 Å². The molecule has 3 aromatic rings. The second-order valence-corrected chi connectivity index (χ2v) is 7.37. The van der Waals surface area contributed by atoms with Crippen LogP contribution in [0.2, 0.25) is 5.02 Å². The first kappa shape index (κ1) is 18.7. The summed E-state index contributed by atoms with van der Waals surface area (Å²) in [5.74, 6) is -0.210. The molecule has 0 unspecified atom stereocenters. The highest BCUT2D eigenvalue weighted by atomic mass is 35.5. The topological polar surface area (TPSA) is 44.6 Å². The van der Waals surface area contributed by atoms with E-state index < -0.39 is 12.0 Å². The Balaban J connectivity index is 1.81. The highest BCUT2D eigenvalue weighted by molar-refractivity contribution is 6.31. The number of rotatable bonds is 3. The molecule has 5 heteroatoms. The van der Waals surface area contributed by atoms with Crippen LogP contribution in [0.3, 0.4) is 0 Å². The third-order valence-corrected chi connectivity index (χ3v) is 5.34. The molecule has 0 bridgehead atoms. The van der Waals surface area contributed by atoms with Crippen LogP contribution >= 0.6 is 11.6 Å². The van der Waals surface area contributed by atoms with E-state index in [1.165, 1.54) is 6.07 Å². The lowest BCUT2D eigenvalue weighted by molar-refractivity contribution is 0.405. The van der Waals surface area contributed by atoms with Crippen molar-refractivity contribution in [1.29, 1.82) is 0 Å². The zero-order chi connectivity index (χ0) is 19.7. The molecular weight excluding hydrogens is 375 g/mol. The minimum Gasteiger partial charge on any atom is -0.508 e. The van der Waals surface area contributed by atoms with Crippen LogP contribution in [0.25, 0.3) is 0 Å². The molecule has 3 aromatic carbocycles. The van der Waals surface area contributed by atoms with Crippen LogP contribution in [0.4, 0.5) is 4.39 Å². The number of para-hydroxylation sites is 1. The first-order valence-corrected chi connectivity index (χ1v) is 9.52. The molecular formula is C23H20ClFN2O. The molecule has 142 valence electrons. The molecule has 1 aliphatic rings. The van der Waals surface area contributed by atoms with Crippen molar-refractivity contribution < 1.29 is 9.50 Å². The minimum absolute atomic E-state index is 0.198. The van der Waals surface area contributed by atoms with Crippen molar-refractivity contribution in [3.8, 4) is 5.75 Å². The summed E-state index contributed by atoms with van der Waals surface area (Å²) in [4.78, 5) is 4.78. The number of aryl methyl sites for hydroxylation is 1. The van der Waals surface area contributed by atoms with Gasteiger partial charge in [0, 0.05) is 29.3 Å². The average Bonchev–Trinajstić information content (AvgIpc) is 2.68. The number of phenols is 1. The van der Waals surface area contributed by atoms with E-state index >= 15 is 0 Å². The number of hydrogen-bond acceptors (Lipinski definition) is 3. The van der Waals surface area contributed by atoms with Gasteiger partial charge in [-0.05, 0) is 30.7 Å². The molecule has 4 rings (SSSR count). The van der Waals surface area contributed by atoms with Crippen LogP contribution in [0.5, 0.6) is 5.75 Å². The van der Waals surface area contributed by atoms with Crippen LogP contribution in [0.1, 0.15) is 40.9 Å². The van der Waals surface area contributed by atoms with Crippen molar-refractivity contribution in [2.45, 2.75) is 25.6 Å².